The quantitative estimate of drug-likeness (QED) is 0.624. The van der Waals surface area contributed by atoms with Crippen molar-refractivity contribution in [2.75, 3.05) is 13.1 Å². The molecule has 1 aliphatic heterocycles. The van der Waals surface area contributed by atoms with Crippen molar-refractivity contribution in [2.45, 2.75) is 32.4 Å². The van der Waals surface area contributed by atoms with Crippen molar-refractivity contribution in [1.82, 2.24) is 4.90 Å². The lowest BCUT2D eigenvalue weighted by molar-refractivity contribution is -0.122. The Kier molecular flexibility index (Phi) is 3.27. The molecule has 1 fully saturated rings. The zero-order valence-electron chi connectivity index (χ0n) is 8.36. The molecule has 4 N–H and O–H groups in total. The van der Waals surface area contributed by atoms with Crippen LogP contribution < -0.4 is 11.5 Å². The summed E-state index contributed by atoms with van der Waals surface area (Å²) >= 11 is 0. The number of nitrogens with two attached hydrogens (primary N) is 2. The Hall–Kier alpha value is -0.610. The van der Waals surface area contributed by atoms with E-state index in [1.54, 1.807) is 0 Å². The summed E-state index contributed by atoms with van der Waals surface area (Å²) in [7, 11) is 0. The second-order valence-corrected chi connectivity index (χ2v) is 3.98. The highest BCUT2D eigenvalue weighted by Crippen LogP contribution is 2.20. The van der Waals surface area contributed by atoms with E-state index in [1.807, 2.05) is 13.8 Å². The van der Waals surface area contributed by atoms with Gasteiger partial charge in [0.15, 0.2) is 0 Å². The molecule has 1 aliphatic rings. The maximum atomic E-state index is 10.9. The second-order valence-electron chi connectivity index (χ2n) is 3.98. The van der Waals surface area contributed by atoms with E-state index in [0.29, 0.717) is 5.92 Å². The SMILES string of the molecule is CC(N)C1CCN(C(C)C(N)=O)C1. The average molecular weight is 185 g/mol. The first-order valence-corrected chi connectivity index (χ1v) is 4.81. The van der Waals surface area contributed by atoms with Gasteiger partial charge in [0.1, 0.15) is 0 Å². The van der Waals surface area contributed by atoms with Gasteiger partial charge >= 0.3 is 0 Å². The first-order chi connectivity index (χ1) is 6.02. The molecule has 3 atom stereocenters. The van der Waals surface area contributed by atoms with Gasteiger partial charge in [-0.2, -0.15) is 0 Å². The Morgan fingerprint density at radius 2 is 2.15 bits per heavy atom. The molecule has 0 aromatic rings. The summed E-state index contributed by atoms with van der Waals surface area (Å²) in [5.41, 5.74) is 11.0. The first kappa shape index (κ1) is 10.5. The van der Waals surface area contributed by atoms with Crippen LogP contribution in [0.4, 0.5) is 0 Å². The molecule has 4 heteroatoms. The highest BCUT2D eigenvalue weighted by Gasteiger charge is 2.29. The summed E-state index contributed by atoms with van der Waals surface area (Å²) in [6, 6.07) is 0.0637. The van der Waals surface area contributed by atoms with Crippen molar-refractivity contribution in [3.8, 4) is 0 Å². The molecule has 0 aromatic carbocycles. The second kappa shape index (κ2) is 4.07. The summed E-state index contributed by atoms with van der Waals surface area (Å²) in [4.78, 5) is 13.0. The molecule has 1 amide bonds. The molecule has 76 valence electrons. The summed E-state index contributed by atoms with van der Waals surface area (Å²) in [5, 5.41) is 0. The molecule has 4 nitrogen and oxygen atoms in total. The number of hydrogen-bond acceptors (Lipinski definition) is 3. The van der Waals surface area contributed by atoms with Gasteiger partial charge in [-0.15, -0.1) is 0 Å². The van der Waals surface area contributed by atoms with Crippen LogP contribution >= 0.6 is 0 Å². The fraction of sp³-hybridized carbons (Fsp3) is 0.889. The summed E-state index contributed by atoms with van der Waals surface area (Å²) in [5.74, 6) is 0.270. The van der Waals surface area contributed by atoms with E-state index in [9.17, 15) is 4.79 Å². The van der Waals surface area contributed by atoms with E-state index in [0.717, 1.165) is 19.5 Å². The predicted octanol–water partition coefficient (Wildman–Crippen LogP) is -0.471. The third-order valence-electron chi connectivity index (χ3n) is 2.96. The number of amides is 1. The molecule has 0 aliphatic carbocycles. The molecular formula is C9H19N3O. The first-order valence-electron chi connectivity index (χ1n) is 4.81. The molecule has 0 aromatic heterocycles. The van der Waals surface area contributed by atoms with Crippen LogP contribution in [0.15, 0.2) is 0 Å². The zero-order chi connectivity index (χ0) is 10.0. The molecule has 0 saturated carbocycles. The van der Waals surface area contributed by atoms with Crippen LogP contribution in [0.1, 0.15) is 20.3 Å². The number of carbonyl (C=O) groups excluding carboxylic acids is 1. The largest absolute Gasteiger partial charge is 0.368 e. The van der Waals surface area contributed by atoms with E-state index in [1.165, 1.54) is 0 Å². The van der Waals surface area contributed by atoms with Crippen molar-refractivity contribution in [3.05, 3.63) is 0 Å². The average Bonchev–Trinajstić information content (AvgIpc) is 2.50. The monoisotopic (exact) mass is 185 g/mol. The Labute approximate surface area is 79.3 Å². The fourth-order valence-corrected chi connectivity index (χ4v) is 1.78. The summed E-state index contributed by atoms with van der Waals surface area (Å²) in [6.45, 7) is 5.72. The molecule has 0 spiro atoms. The van der Waals surface area contributed by atoms with Gasteiger partial charge in [-0.25, -0.2) is 0 Å². The van der Waals surface area contributed by atoms with E-state index < -0.39 is 0 Å². The summed E-state index contributed by atoms with van der Waals surface area (Å²) < 4.78 is 0. The lowest BCUT2D eigenvalue weighted by atomic mass is 10.0. The van der Waals surface area contributed by atoms with Gasteiger partial charge in [-0.1, -0.05) is 0 Å². The van der Waals surface area contributed by atoms with Crippen LogP contribution in [0.25, 0.3) is 0 Å². The minimum absolute atomic E-state index is 0.149. The fourth-order valence-electron chi connectivity index (χ4n) is 1.78. The number of rotatable bonds is 3. The third-order valence-corrected chi connectivity index (χ3v) is 2.96. The molecule has 1 heterocycles. The van der Waals surface area contributed by atoms with E-state index >= 15 is 0 Å². The Balaban J connectivity index is 2.45. The topological polar surface area (TPSA) is 72.3 Å². The zero-order valence-corrected chi connectivity index (χ0v) is 8.36. The molecule has 0 radical (unpaired) electrons. The minimum atomic E-state index is -0.245. The third kappa shape index (κ3) is 2.42. The number of hydrogen-bond donors (Lipinski definition) is 2. The standard InChI is InChI=1S/C9H19N3O/c1-6(10)8-3-4-12(5-8)7(2)9(11)13/h6-8H,3-5,10H2,1-2H3,(H2,11,13). The van der Waals surface area contributed by atoms with Crippen molar-refractivity contribution < 1.29 is 4.79 Å². The van der Waals surface area contributed by atoms with Crippen molar-refractivity contribution in [2.24, 2.45) is 17.4 Å². The molecular weight excluding hydrogens is 166 g/mol. The van der Waals surface area contributed by atoms with Crippen molar-refractivity contribution in [3.63, 3.8) is 0 Å². The van der Waals surface area contributed by atoms with Crippen LogP contribution in [0.5, 0.6) is 0 Å². The lowest BCUT2D eigenvalue weighted by Gasteiger charge is -2.22. The lowest BCUT2D eigenvalue weighted by Crippen LogP contribution is -2.42. The highest BCUT2D eigenvalue weighted by molar-refractivity contribution is 5.79. The predicted molar refractivity (Wildman–Crippen MR) is 52.0 cm³/mol. The Morgan fingerprint density at radius 3 is 2.54 bits per heavy atom. The minimum Gasteiger partial charge on any atom is -0.368 e. The highest BCUT2D eigenvalue weighted by atomic mass is 16.1. The van der Waals surface area contributed by atoms with Gasteiger partial charge in [-0.3, -0.25) is 9.69 Å². The van der Waals surface area contributed by atoms with Gasteiger partial charge in [0.05, 0.1) is 6.04 Å². The summed E-state index contributed by atoms with van der Waals surface area (Å²) in [6.07, 6.45) is 1.08. The van der Waals surface area contributed by atoms with Gasteiger partial charge in [0.2, 0.25) is 5.91 Å². The number of carbonyl (C=O) groups is 1. The van der Waals surface area contributed by atoms with E-state index in [2.05, 4.69) is 4.90 Å². The van der Waals surface area contributed by atoms with E-state index in [-0.39, 0.29) is 18.0 Å². The van der Waals surface area contributed by atoms with Gasteiger partial charge in [0.25, 0.3) is 0 Å². The maximum Gasteiger partial charge on any atom is 0.234 e. The van der Waals surface area contributed by atoms with Crippen LogP contribution in [-0.2, 0) is 4.79 Å². The molecule has 0 bridgehead atoms. The molecule has 1 saturated heterocycles. The van der Waals surface area contributed by atoms with Crippen LogP contribution in [0.3, 0.4) is 0 Å². The van der Waals surface area contributed by atoms with Gasteiger partial charge < -0.3 is 11.5 Å². The van der Waals surface area contributed by atoms with Crippen LogP contribution in [0.2, 0.25) is 0 Å². The Morgan fingerprint density at radius 1 is 1.54 bits per heavy atom. The normalized spacial score (nSPS) is 28.7. The molecule has 1 rings (SSSR count). The van der Waals surface area contributed by atoms with Crippen molar-refractivity contribution in [1.29, 1.82) is 0 Å². The van der Waals surface area contributed by atoms with E-state index in [4.69, 9.17) is 11.5 Å². The maximum absolute atomic E-state index is 10.9. The molecule has 3 unspecified atom stereocenters. The van der Waals surface area contributed by atoms with Gasteiger partial charge in [-0.05, 0) is 32.7 Å². The number of primary amides is 1. The number of likely N-dealkylation sites (tertiary alicyclic amines) is 1. The smallest absolute Gasteiger partial charge is 0.234 e. The van der Waals surface area contributed by atoms with Crippen molar-refractivity contribution >= 4 is 5.91 Å². The Bertz CT molecular complexity index is 193. The molecule has 13 heavy (non-hydrogen) atoms. The van der Waals surface area contributed by atoms with Gasteiger partial charge in [0, 0.05) is 12.6 Å². The van der Waals surface area contributed by atoms with Crippen LogP contribution in [-0.4, -0.2) is 36.0 Å². The number of nitrogens with zero attached hydrogens (tertiary/aromatic N) is 1. The van der Waals surface area contributed by atoms with Crippen LogP contribution in [0, 0.1) is 5.92 Å².